The fourth-order valence-corrected chi connectivity index (χ4v) is 4.73. The van der Waals surface area contributed by atoms with Crippen LogP contribution in [0.4, 0.5) is 0 Å². The number of benzene rings is 2. The third kappa shape index (κ3) is 2.27. The molecule has 0 radical (unpaired) electrons. The smallest absolute Gasteiger partial charge is 0.340 e. The summed E-state index contributed by atoms with van der Waals surface area (Å²) in [6.07, 6.45) is 1.19. The number of carboxylic acid groups (broad SMARTS) is 1. The molecular formula is C21H12Cl2O7. The number of phenols is 1. The summed E-state index contributed by atoms with van der Waals surface area (Å²) in [4.78, 5) is 25.0. The predicted octanol–water partition coefficient (Wildman–Crippen LogP) is 3.87. The lowest BCUT2D eigenvalue weighted by Gasteiger charge is -2.42. The van der Waals surface area contributed by atoms with Gasteiger partial charge in [-0.25, -0.2) is 4.79 Å². The Bertz CT molecular complexity index is 1220. The second-order valence-electron chi connectivity index (χ2n) is 7.08. The van der Waals surface area contributed by atoms with Crippen molar-refractivity contribution >= 4 is 35.1 Å². The van der Waals surface area contributed by atoms with Crippen LogP contribution in [0.15, 0.2) is 59.6 Å². The third-order valence-electron chi connectivity index (χ3n) is 5.50. The lowest BCUT2D eigenvalue weighted by Crippen LogP contribution is -2.45. The molecule has 2 aliphatic heterocycles. The topological polar surface area (TPSA) is 113 Å². The van der Waals surface area contributed by atoms with Crippen LogP contribution in [0.3, 0.4) is 0 Å². The number of alkyl halides is 1. The molecule has 2 heterocycles. The van der Waals surface area contributed by atoms with Crippen molar-refractivity contribution in [3.8, 4) is 11.5 Å². The minimum Gasteiger partial charge on any atom is -0.511 e. The summed E-state index contributed by atoms with van der Waals surface area (Å²) in [7, 11) is 0. The van der Waals surface area contributed by atoms with Gasteiger partial charge in [0.2, 0.25) is 0 Å². The Hall–Kier alpha value is -3.16. The largest absolute Gasteiger partial charge is 0.511 e. The number of halogens is 2. The molecule has 0 saturated heterocycles. The molecule has 2 aromatic carbocycles. The van der Waals surface area contributed by atoms with Crippen molar-refractivity contribution in [3.63, 3.8) is 0 Å². The number of esters is 1. The number of carbonyl (C=O) groups excluding carboxylic acids is 1. The van der Waals surface area contributed by atoms with Crippen LogP contribution in [-0.4, -0.2) is 32.6 Å². The number of aliphatic carboxylic acids is 1. The van der Waals surface area contributed by atoms with Crippen molar-refractivity contribution < 1.29 is 34.4 Å². The quantitative estimate of drug-likeness (QED) is 0.449. The van der Waals surface area contributed by atoms with Crippen LogP contribution >= 0.6 is 23.2 Å². The van der Waals surface area contributed by atoms with Crippen LogP contribution < -0.4 is 4.74 Å². The van der Waals surface area contributed by atoms with Crippen molar-refractivity contribution in [1.82, 2.24) is 0 Å². The van der Waals surface area contributed by atoms with Gasteiger partial charge in [0.05, 0.1) is 10.6 Å². The van der Waals surface area contributed by atoms with Gasteiger partial charge >= 0.3 is 11.9 Å². The summed E-state index contributed by atoms with van der Waals surface area (Å²) >= 11 is 12.4. The van der Waals surface area contributed by atoms with Gasteiger partial charge in [-0.2, -0.15) is 0 Å². The van der Waals surface area contributed by atoms with E-state index in [1.54, 1.807) is 24.3 Å². The Morgan fingerprint density at radius 3 is 2.60 bits per heavy atom. The molecule has 2 aromatic rings. The number of phenolic OH excluding ortho intramolecular Hbond substituents is 1. The molecule has 3 aliphatic rings. The number of fused-ring (bicyclic) bond motifs is 5. The summed E-state index contributed by atoms with van der Waals surface area (Å²) in [5, 5.41) is 28.9. The van der Waals surface area contributed by atoms with Crippen molar-refractivity contribution in [1.29, 1.82) is 0 Å². The van der Waals surface area contributed by atoms with Crippen LogP contribution in [0.5, 0.6) is 11.5 Å². The Morgan fingerprint density at radius 1 is 1.13 bits per heavy atom. The first kappa shape index (κ1) is 18.8. The molecule has 0 fully saturated rings. The molecule has 1 aliphatic carbocycles. The first-order valence-electron chi connectivity index (χ1n) is 8.81. The maximum atomic E-state index is 12.8. The summed E-state index contributed by atoms with van der Waals surface area (Å²) in [5.41, 5.74) is -0.775. The maximum Gasteiger partial charge on any atom is 0.340 e. The number of ether oxygens (including phenoxy) is 2. The molecule has 0 amide bonds. The van der Waals surface area contributed by atoms with Gasteiger partial charge in [0.1, 0.15) is 34.3 Å². The van der Waals surface area contributed by atoms with E-state index in [1.807, 2.05) is 0 Å². The average molecular weight is 447 g/mol. The maximum absolute atomic E-state index is 12.8. The van der Waals surface area contributed by atoms with Crippen molar-refractivity contribution in [3.05, 3.63) is 81.3 Å². The lowest BCUT2D eigenvalue weighted by molar-refractivity contribution is -0.141. The van der Waals surface area contributed by atoms with E-state index >= 15 is 0 Å². The lowest BCUT2D eigenvalue weighted by atomic mass is 9.70. The number of carboxylic acids is 1. The predicted molar refractivity (Wildman–Crippen MR) is 105 cm³/mol. The van der Waals surface area contributed by atoms with Crippen LogP contribution in [0, 0.1) is 5.92 Å². The number of carbonyl (C=O) groups is 2. The summed E-state index contributed by atoms with van der Waals surface area (Å²) in [5.74, 6) is -4.08. The molecule has 9 heteroatoms. The van der Waals surface area contributed by atoms with Crippen molar-refractivity contribution in [2.24, 2.45) is 5.92 Å². The number of hydrogen-bond acceptors (Lipinski definition) is 6. The first-order chi connectivity index (χ1) is 14.3. The summed E-state index contributed by atoms with van der Waals surface area (Å²) < 4.78 is 11.7. The van der Waals surface area contributed by atoms with Crippen LogP contribution in [0.1, 0.15) is 21.5 Å². The molecule has 3 unspecified atom stereocenters. The average Bonchev–Trinajstić information content (AvgIpc) is 2.99. The van der Waals surface area contributed by atoms with Gasteiger partial charge in [0, 0.05) is 28.8 Å². The normalized spacial score (nSPS) is 26.3. The highest BCUT2D eigenvalue weighted by Crippen LogP contribution is 2.58. The van der Waals surface area contributed by atoms with Gasteiger partial charge in [-0.1, -0.05) is 29.8 Å². The number of rotatable bonds is 1. The van der Waals surface area contributed by atoms with Gasteiger partial charge in [-0.3, -0.25) is 4.79 Å². The third-order valence-corrected chi connectivity index (χ3v) is 6.27. The monoisotopic (exact) mass is 446 g/mol. The number of aliphatic hydroxyl groups excluding tert-OH is 1. The standard InChI is InChI=1S/C21H12Cl2O7/c22-11-5-10-14(6-12(11)24)29-15-7-13(25)18(23)16(19(26)27)17(15)21(10)9-4-2-1-3-8(9)20(28)30-21/h1-7,16,18,24-25H,(H,26,27). The highest BCUT2D eigenvalue weighted by atomic mass is 35.5. The molecule has 0 aromatic heterocycles. The highest BCUT2D eigenvalue weighted by Gasteiger charge is 2.60. The Balaban J connectivity index is 1.93. The molecule has 1 spiro atoms. The van der Waals surface area contributed by atoms with Gasteiger partial charge in [0.15, 0.2) is 5.60 Å². The van der Waals surface area contributed by atoms with Crippen LogP contribution in [0.25, 0.3) is 0 Å². The number of allylic oxidation sites excluding steroid dienone is 2. The second-order valence-corrected chi connectivity index (χ2v) is 7.96. The first-order valence-corrected chi connectivity index (χ1v) is 9.63. The minimum atomic E-state index is -1.71. The van der Waals surface area contributed by atoms with E-state index in [-0.39, 0.29) is 39.0 Å². The van der Waals surface area contributed by atoms with E-state index in [9.17, 15) is 24.9 Å². The molecule has 3 atom stereocenters. The second kappa shape index (κ2) is 6.17. The van der Waals surface area contributed by atoms with Gasteiger partial charge < -0.3 is 24.8 Å². The molecule has 0 saturated carbocycles. The van der Waals surface area contributed by atoms with E-state index < -0.39 is 34.6 Å². The molecule has 152 valence electrons. The van der Waals surface area contributed by atoms with Crippen LogP contribution in [0.2, 0.25) is 5.02 Å². The zero-order valence-electron chi connectivity index (χ0n) is 14.9. The summed E-state index contributed by atoms with van der Waals surface area (Å²) in [6, 6.07) is 9.15. The highest BCUT2D eigenvalue weighted by molar-refractivity contribution is 6.32. The fourth-order valence-electron chi connectivity index (χ4n) is 4.27. The zero-order chi connectivity index (χ0) is 21.4. The van der Waals surface area contributed by atoms with Crippen molar-refractivity contribution in [2.45, 2.75) is 11.0 Å². The van der Waals surface area contributed by atoms with Gasteiger partial charge in [0.25, 0.3) is 0 Å². The van der Waals surface area contributed by atoms with E-state index in [4.69, 9.17) is 32.7 Å². The van der Waals surface area contributed by atoms with E-state index in [0.717, 1.165) is 0 Å². The molecule has 30 heavy (non-hydrogen) atoms. The summed E-state index contributed by atoms with van der Waals surface area (Å²) in [6.45, 7) is 0. The van der Waals surface area contributed by atoms with E-state index in [2.05, 4.69) is 0 Å². The zero-order valence-corrected chi connectivity index (χ0v) is 16.4. The van der Waals surface area contributed by atoms with Crippen molar-refractivity contribution in [2.75, 3.05) is 0 Å². The minimum absolute atomic E-state index is 0.0319. The molecule has 7 nitrogen and oxygen atoms in total. The van der Waals surface area contributed by atoms with E-state index in [1.165, 1.54) is 18.2 Å². The van der Waals surface area contributed by atoms with Gasteiger partial charge in [-0.05, 0) is 12.1 Å². The number of aromatic hydroxyl groups is 1. The number of hydrogen-bond donors (Lipinski definition) is 3. The fraction of sp³-hybridized carbons (Fsp3) is 0.143. The Labute approximate surface area is 179 Å². The Morgan fingerprint density at radius 2 is 1.87 bits per heavy atom. The SMILES string of the molecule is O=C1OC2(C3=C(C=C(O)C(Cl)C3C(=O)O)Oc3cc(O)c(Cl)cc32)c2ccccc21. The number of aliphatic hydroxyl groups is 1. The van der Waals surface area contributed by atoms with Crippen LogP contribution in [-0.2, 0) is 15.1 Å². The molecule has 3 N–H and O–H groups in total. The Kier molecular flexibility index (Phi) is 3.87. The molecule has 0 bridgehead atoms. The van der Waals surface area contributed by atoms with Gasteiger partial charge in [-0.15, -0.1) is 11.6 Å². The van der Waals surface area contributed by atoms with E-state index in [0.29, 0.717) is 5.56 Å². The molecular weight excluding hydrogens is 435 g/mol. The molecule has 5 rings (SSSR count).